The molecule has 3 nitrogen and oxygen atoms in total. The minimum absolute atomic E-state index is 0.372. The van der Waals surface area contributed by atoms with Crippen molar-refractivity contribution >= 4 is 23.2 Å². The third-order valence-corrected chi connectivity index (χ3v) is 3.43. The number of hydrogen-bond acceptors (Lipinski definition) is 3. The molecule has 0 bridgehead atoms. The molecule has 0 spiro atoms. The van der Waals surface area contributed by atoms with Gasteiger partial charge in [0.25, 0.3) is 0 Å². The van der Waals surface area contributed by atoms with Crippen LogP contribution in [0.4, 0.5) is 5.82 Å². The molecule has 0 saturated heterocycles. The summed E-state index contributed by atoms with van der Waals surface area (Å²) in [5, 5.41) is 0.668. The molecule has 0 atom stereocenters. The third-order valence-electron chi connectivity index (χ3n) is 3.13. The van der Waals surface area contributed by atoms with E-state index in [0.29, 0.717) is 29.7 Å². The predicted octanol–water partition coefficient (Wildman–Crippen LogP) is 2.68. The molecule has 0 radical (unpaired) electrons. The van der Waals surface area contributed by atoms with Crippen LogP contribution < -0.4 is 4.90 Å². The number of Topliss-reactive ketones (excluding diaryl/α,β-unsaturated/α-hetero) is 1. The van der Waals surface area contributed by atoms with Crippen molar-refractivity contribution in [2.45, 2.75) is 31.7 Å². The molecule has 1 fully saturated rings. The van der Waals surface area contributed by atoms with Crippen molar-refractivity contribution in [1.29, 1.82) is 0 Å². The molecule has 16 heavy (non-hydrogen) atoms. The van der Waals surface area contributed by atoms with E-state index in [0.717, 1.165) is 18.7 Å². The van der Waals surface area contributed by atoms with Gasteiger partial charge in [0.15, 0.2) is 0 Å². The van der Waals surface area contributed by atoms with Crippen LogP contribution in [-0.2, 0) is 4.79 Å². The molecule has 1 aromatic rings. The first kappa shape index (κ1) is 11.4. The second kappa shape index (κ2) is 4.83. The molecule has 0 aromatic carbocycles. The average molecular weight is 239 g/mol. The molecule has 1 aliphatic rings. The van der Waals surface area contributed by atoms with Gasteiger partial charge in [0.2, 0.25) is 0 Å². The van der Waals surface area contributed by atoms with E-state index in [1.807, 2.05) is 19.2 Å². The number of hydrogen-bond donors (Lipinski definition) is 0. The fourth-order valence-corrected chi connectivity index (χ4v) is 2.38. The summed E-state index contributed by atoms with van der Waals surface area (Å²) >= 11 is 6.10. The fraction of sp³-hybridized carbons (Fsp3) is 0.500. The standard InChI is InChI=1S/C12H15ClN2O/c1-15(9-4-6-10(16)7-5-9)12-11(13)3-2-8-14-12/h2-3,8-9H,4-7H2,1H3. The molecular formula is C12H15ClN2O. The van der Waals surface area contributed by atoms with E-state index in [-0.39, 0.29) is 0 Å². The molecule has 1 heterocycles. The molecule has 0 aliphatic heterocycles. The number of halogens is 1. The summed E-state index contributed by atoms with van der Waals surface area (Å²) in [6, 6.07) is 4.04. The van der Waals surface area contributed by atoms with Crippen LogP contribution in [-0.4, -0.2) is 23.9 Å². The molecule has 1 aliphatic carbocycles. The first-order valence-corrected chi connectivity index (χ1v) is 5.91. The Morgan fingerprint density at radius 2 is 2.12 bits per heavy atom. The van der Waals surface area contributed by atoms with Gasteiger partial charge in [-0.05, 0) is 25.0 Å². The predicted molar refractivity (Wildman–Crippen MR) is 64.9 cm³/mol. The lowest BCUT2D eigenvalue weighted by Crippen LogP contribution is -2.35. The van der Waals surface area contributed by atoms with Crippen LogP contribution >= 0.6 is 11.6 Å². The maximum absolute atomic E-state index is 11.2. The summed E-state index contributed by atoms with van der Waals surface area (Å²) < 4.78 is 0. The molecule has 2 rings (SSSR count). The molecule has 1 aromatic heterocycles. The van der Waals surface area contributed by atoms with E-state index in [4.69, 9.17) is 11.6 Å². The topological polar surface area (TPSA) is 33.2 Å². The summed E-state index contributed by atoms with van der Waals surface area (Å²) in [6.07, 6.45) is 4.91. The van der Waals surface area contributed by atoms with Crippen LogP contribution in [0.15, 0.2) is 18.3 Å². The van der Waals surface area contributed by atoms with Crippen LogP contribution in [0.25, 0.3) is 0 Å². The van der Waals surface area contributed by atoms with Crippen molar-refractivity contribution in [2.75, 3.05) is 11.9 Å². The summed E-state index contributed by atoms with van der Waals surface area (Å²) in [5.74, 6) is 1.18. The van der Waals surface area contributed by atoms with Gasteiger partial charge in [-0.1, -0.05) is 11.6 Å². The molecular weight excluding hydrogens is 224 g/mol. The van der Waals surface area contributed by atoms with Crippen molar-refractivity contribution < 1.29 is 4.79 Å². The van der Waals surface area contributed by atoms with E-state index in [9.17, 15) is 4.79 Å². The Morgan fingerprint density at radius 3 is 2.75 bits per heavy atom. The van der Waals surface area contributed by atoms with E-state index >= 15 is 0 Å². The zero-order chi connectivity index (χ0) is 11.5. The van der Waals surface area contributed by atoms with E-state index in [2.05, 4.69) is 9.88 Å². The number of anilines is 1. The minimum Gasteiger partial charge on any atom is -0.355 e. The van der Waals surface area contributed by atoms with Crippen molar-refractivity contribution in [1.82, 2.24) is 4.98 Å². The van der Waals surface area contributed by atoms with Crippen LogP contribution in [0.3, 0.4) is 0 Å². The van der Waals surface area contributed by atoms with Crippen LogP contribution in [0, 0.1) is 0 Å². The number of aromatic nitrogens is 1. The summed E-state index contributed by atoms with van der Waals surface area (Å²) in [7, 11) is 1.99. The van der Waals surface area contributed by atoms with Crippen molar-refractivity contribution in [2.24, 2.45) is 0 Å². The molecule has 86 valence electrons. The van der Waals surface area contributed by atoms with Crippen molar-refractivity contribution in [3.8, 4) is 0 Å². The van der Waals surface area contributed by atoms with Gasteiger partial charge in [-0.15, -0.1) is 0 Å². The molecule has 0 unspecified atom stereocenters. The van der Waals surface area contributed by atoms with E-state index < -0.39 is 0 Å². The average Bonchev–Trinajstić information content (AvgIpc) is 2.30. The second-order valence-corrected chi connectivity index (χ2v) is 4.60. The monoisotopic (exact) mass is 238 g/mol. The lowest BCUT2D eigenvalue weighted by molar-refractivity contribution is -0.120. The van der Waals surface area contributed by atoms with E-state index in [1.165, 1.54) is 0 Å². The Morgan fingerprint density at radius 1 is 1.44 bits per heavy atom. The summed E-state index contributed by atoms with van der Waals surface area (Å²) in [6.45, 7) is 0. The first-order chi connectivity index (χ1) is 7.68. The van der Waals surface area contributed by atoms with Crippen LogP contribution in [0.2, 0.25) is 5.02 Å². The van der Waals surface area contributed by atoms with Gasteiger partial charge in [-0.2, -0.15) is 0 Å². The quantitative estimate of drug-likeness (QED) is 0.794. The molecule has 1 saturated carbocycles. The van der Waals surface area contributed by atoms with Gasteiger partial charge in [0.1, 0.15) is 11.6 Å². The van der Waals surface area contributed by atoms with Gasteiger partial charge < -0.3 is 4.90 Å². The highest BCUT2D eigenvalue weighted by atomic mass is 35.5. The van der Waals surface area contributed by atoms with E-state index in [1.54, 1.807) is 6.20 Å². The largest absolute Gasteiger partial charge is 0.355 e. The zero-order valence-electron chi connectivity index (χ0n) is 9.32. The van der Waals surface area contributed by atoms with Gasteiger partial charge >= 0.3 is 0 Å². The highest BCUT2D eigenvalue weighted by molar-refractivity contribution is 6.32. The third kappa shape index (κ3) is 2.35. The number of ketones is 1. The number of carbonyl (C=O) groups is 1. The smallest absolute Gasteiger partial charge is 0.147 e. The Bertz CT molecular complexity index is 384. The SMILES string of the molecule is CN(c1ncccc1Cl)C1CCC(=O)CC1. The highest BCUT2D eigenvalue weighted by Gasteiger charge is 2.23. The molecule has 0 amide bonds. The Balaban J connectivity index is 2.10. The van der Waals surface area contributed by atoms with Crippen molar-refractivity contribution in [3.63, 3.8) is 0 Å². The fourth-order valence-electron chi connectivity index (χ4n) is 2.12. The maximum atomic E-state index is 11.2. The highest BCUT2D eigenvalue weighted by Crippen LogP contribution is 2.27. The Hall–Kier alpha value is -1.09. The van der Waals surface area contributed by atoms with Crippen LogP contribution in [0.5, 0.6) is 0 Å². The summed E-state index contributed by atoms with van der Waals surface area (Å²) in [4.78, 5) is 17.5. The maximum Gasteiger partial charge on any atom is 0.147 e. The lowest BCUT2D eigenvalue weighted by atomic mass is 9.93. The Kier molecular flexibility index (Phi) is 3.44. The first-order valence-electron chi connectivity index (χ1n) is 5.53. The van der Waals surface area contributed by atoms with Crippen LogP contribution in [0.1, 0.15) is 25.7 Å². The number of nitrogens with zero attached hydrogens (tertiary/aromatic N) is 2. The lowest BCUT2D eigenvalue weighted by Gasteiger charge is -2.31. The molecule has 4 heteroatoms. The number of rotatable bonds is 2. The number of carbonyl (C=O) groups excluding carboxylic acids is 1. The zero-order valence-corrected chi connectivity index (χ0v) is 10.1. The second-order valence-electron chi connectivity index (χ2n) is 4.19. The minimum atomic E-state index is 0.372. The number of pyridine rings is 1. The van der Waals surface area contributed by atoms with Gasteiger partial charge in [-0.25, -0.2) is 4.98 Å². The van der Waals surface area contributed by atoms with Crippen molar-refractivity contribution in [3.05, 3.63) is 23.4 Å². The molecule has 0 N–H and O–H groups in total. The Labute approximate surface area is 100 Å². The van der Waals surface area contributed by atoms with Gasteiger partial charge in [0.05, 0.1) is 5.02 Å². The van der Waals surface area contributed by atoms with Gasteiger partial charge in [0, 0.05) is 32.1 Å². The van der Waals surface area contributed by atoms with Gasteiger partial charge in [-0.3, -0.25) is 4.79 Å². The normalized spacial score (nSPS) is 17.5. The summed E-state index contributed by atoms with van der Waals surface area (Å²) in [5.41, 5.74) is 0.